The molecule has 3 rings (SSSR count). The number of rotatable bonds is 6. The van der Waals surface area contributed by atoms with Crippen LogP contribution in [-0.4, -0.2) is 44.4 Å². The van der Waals surface area contributed by atoms with E-state index in [0.717, 1.165) is 37.7 Å². The van der Waals surface area contributed by atoms with Gasteiger partial charge in [-0.05, 0) is 36.8 Å². The minimum absolute atomic E-state index is 0.103. The highest BCUT2D eigenvalue weighted by molar-refractivity contribution is 5.31. The van der Waals surface area contributed by atoms with Gasteiger partial charge in [0.1, 0.15) is 24.2 Å². The van der Waals surface area contributed by atoms with E-state index < -0.39 is 0 Å². The molecular formula is C20H25NO3. The zero-order valence-electron chi connectivity index (χ0n) is 14.4. The monoisotopic (exact) mass is 327 g/mol. The van der Waals surface area contributed by atoms with E-state index in [9.17, 15) is 0 Å². The van der Waals surface area contributed by atoms with Gasteiger partial charge in [0, 0.05) is 19.6 Å². The second kappa shape index (κ2) is 8.18. The maximum Gasteiger partial charge on any atom is 0.119 e. The van der Waals surface area contributed by atoms with E-state index in [0.29, 0.717) is 6.61 Å². The summed E-state index contributed by atoms with van der Waals surface area (Å²) in [6.07, 6.45) is 0.103. The van der Waals surface area contributed by atoms with Gasteiger partial charge in [-0.1, -0.05) is 29.8 Å². The van der Waals surface area contributed by atoms with Gasteiger partial charge < -0.3 is 14.2 Å². The fourth-order valence-electron chi connectivity index (χ4n) is 2.84. The molecule has 4 heteroatoms. The smallest absolute Gasteiger partial charge is 0.119 e. The highest BCUT2D eigenvalue weighted by Gasteiger charge is 2.21. The molecule has 1 atom stereocenters. The van der Waals surface area contributed by atoms with Crippen LogP contribution in [0.5, 0.6) is 11.5 Å². The number of hydrogen-bond acceptors (Lipinski definition) is 4. The predicted octanol–water partition coefficient (Wildman–Crippen LogP) is 3.28. The lowest BCUT2D eigenvalue weighted by Gasteiger charge is -2.32. The lowest BCUT2D eigenvalue weighted by atomic mass is 10.1. The number of morpholine rings is 1. The third kappa shape index (κ3) is 4.73. The first-order valence-electron chi connectivity index (χ1n) is 8.39. The molecule has 0 bridgehead atoms. The van der Waals surface area contributed by atoms with Gasteiger partial charge in [-0.15, -0.1) is 0 Å². The molecule has 0 radical (unpaired) electrons. The molecule has 1 aliphatic heterocycles. The van der Waals surface area contributed by atoms with E-state index in [4.69, 9.17) is 14.2 Å². The minimum Gasteiger partial charge on any atom is -0.497 e. The Balaban J connectivity index is 1.48. The molecule has 1 saturated heterocycles. The van der Waals surface area contributed by atoms with Crippen LogP contribution in [0.25, 0.3) is 0 Å². The van der Waals surface area contributed by atoms with Gasteiger partial charge in [-0.2, -0.15) is 0 Å². The fourth-order valence-corrected chi connectivity index (χ4v) is 2.84. The number of nitrogens with zero attached hydrogens (tertiary/aromatic N) is 1. The molecule has 2 aromatic rings. The second-order valence-electron chi connectivity index (χ2n) is 6.20. The first-order valence-corrected chi connectivity index (χ1v) is 8.39. The molecule has 1 fully saturated rings. The van der Waals surface area contributed by atoms with Gasteiger partial charge in [-0.25, -0.2) is 0 Å². The minimum atomic E-state index is 0.103. The molecule has 0 aromatic heterocycles. The molecule has 0 aliphatic carbocycles. The number of ether oxygens (including phenoxy) is 3. The summed E-state index contributed by atoms with van der Waals surface area (Å²) >= 11 is 0. The predicted molar refractivity (Wildman–Crippen MR) is 94.7 cm³/mol. The number of aryl methyl sites for hydroxylation is 1. The van der Waals surface area contributed by atoms with Crippen molar-refractivity contribution >= 4 is 0 Å². The summed E-state index contributed by atoms with van der Waals surface area (Å²) < 4.78 is 16.8. The average Bonchev–Trinajstić information content (AvgIpc) is 2.63. The number of benzene rings is 2. The van der Waals surface area contributed by atoms with Crippen LogP contribution in [0, 0.1) is 6.92 Å². The molecule has 1 aliphatic rings. The van der Waals surface area contributed by atoms with Crippen molar-refractivity contribution in [1.29, 1.82) is 0 Å². The quantitative estimate of drug-likeness (QED) is 0.815. The molecule has 0 saturated carbocycles. The summed E-state index contributed by atoms with van der Waals surface area (Å²) in [7, 11) is 1.66. The lowest BCUT2D eigenvalue weighted by molar-refractivity contribution is -0.0504. The van der Waals surface area contributed by atoms with E-state index in [1.54, 1.807) is 7.11 Å². The van der Waals surface area contributed by atoms with E-state index in [1.807, 2.05) is 24.3 Å². The maximum atomic E-state index is 5.85. The van der Waals surface area contributed by atoms with Gasteiger partial charge in [0.2, 0.25) is 0 Å². The van der Waals surface area contributed by atoms with Gasteiger partial charge in [0.05, 0.1) is 13.7 Å². The highest BCUT2D eigenvalue weighted by Crippen LogP contribution is 2.18. The van der Waals surface area contributed by atoms with Crippen LogP contribution < -0.4 is 9.47 Å². The van der Waals surface area contributed by atoms with Crippen molar-refractivity contribution in [3.63, 3.8) is 0 Å². The molecule has 4 nitrogen and oxygen atoms in total. The van der Waals surface area contributed by atoms with Crippen LogP contribution in [0.1, 0.15) is 11.1 Å². The normalized spacial score (nSPS) is 18.3. The van der Waals surface area contributed by atoms with Gasteiger partial charge in [-0.3, -0.25) is 4.90 Å². The first kappa shape index (κ1) is 16.8. The summed E-state index contributed by atoms with van der Waals surface area (Å²) in [6.45, 7) is 6.25. The third-order valence-electron chi connectivity index (χ3n) is 4.25. The number of methoxy groups -OCH3 is 1. The van der Waals surface area contributed by atoms with Crippen molar-refractivity contribution in [3.8, 4) is 11.5 Å². The van der Waals surface area contributed by atoms with Crippen molar-refractivity contribution in [2.45, 2.75) is 19.6 Å². The molecule has 0 amide bonds. The Hall–Kier alpha value is -2.04. The third-order valence-corrected chi connectivity index (χ3v) is 4.25. The maximum absolute atomic E-state index is 5.85. The van der Waals surface area contributed by atoms with Crippen LogP contribution in [0.2, 0.25) is 0 Å². The SMILES string of the molecule is COc1ccc(OCC2CN(Cc3ccc(C)cc3)CCO2)cc1. The van der Waals surface area contributed by atoms with Crippen LogP contribution in [0.3, 0.4) is 0 Å². The standard InChI is InChI=1S/C20H25NO3/c1-16-3-5-17(6-4-16)13-21-11-12-23-20(14-21)15-24-19-9-7-18(22-2)8-10-19/h3-10,20H,11-15H2,1-2H3. The van der Waals surface area contributed by atoms with Crippen LogP contribution in [0.15, 0.2) is 48.5 Å². The van der Waals surface area contributed by atoms with Crippen molar-refractivity contribution in [2.24, 2.45) is 0 Å². The zero-order valence-corrected chi connectivity index (χ0v) is 14.4. The van der Waals surface area contributed by atoms with Gasteiger partial charge >= 0.3 is 0 Å². The van der Waals surface area contributed by atoms with E-state index in [2.05, 4.69) is 36.1 Å². The Morgan fingerprint density at radius 1 is 1.04 bits per heavy atom. The van der Waals surface area contributed by atoms with Crippen LogP contribution >= 0.6 is 0 Å². The molecule has 24 heavy (non-hydrogen) atoms. The van der Waals surface area contributed by atoms with Crippen LogP contribution in [0.4, 0.5) is 0 Å². The molecule has 128 valence electrons. The molecule has 2 aromatic carbocycles. The number of hydrogen-bond donors (Lipinski definition) is 0. The molecule has 0 N–H and O–H groups in total. The Labute approximate surface area is 144 Å². The van der Waals surface area contributed by atoms with E-state index >= 15 is 0 Å². The topological polar surface area (TPSA) is 30.9 Å². The Kier molecular flexibility index (Phi) is 5.72. The summed E-state index contributed by atoms with van der Waals surface area (Å²) in [5.41, 5.74) is 2.64. The van der Waals surface area contributed by atoms with Crippen molar-refractivity contribution in [3.05, 3.63) is 59.7 Å². The van der Waals surface area contributed by atoms with Crippen molar-refractivity contribution in [1.82, 2.24) is 4.90 Å². The van der Waals surface area contributed by atoms with E-state index in [1.165, 1.54) is 11.1 Å². The van der Waals surface area contributed by atoms with Crippen LogP contribution in [-0.2, 0) is 11.3 Å². The molecule has 1 unspecified atom stereocenters. The van der Waals surface area contributed by atoms with E-state index in [-0.39, 0.29) is 6.10 Å². The summed E-state index contributed by atoms with van der Waals surface area (Å²) in [4.78, 5) is 2.43. The average molecular weight is 327 g/mol. The molecular weight excluding hydrogens is 302 g/mol. The lowest BCUT2D eigenvalue weighted by Crippen LogP contribution is -2.44. The first-order chi connectivity index (χ1) is 11.7. The largest absolute Gasteiger partial charge is 0.497 e. The van der Waals surface area contributed by atoms with Gasteiger partial charge in [0.15, 0.2) is 0 Å². The highest BCUT2D eigenvalue weighted by atomic mass is 16.5. The van der Waals surface area contributed by atoms with Crippen molar-refractivity contribution < 1.29 is 14.2 Å². The Bertz CT molecular complexity index is 624. The summed E-state index contributed by atoms with van der Waals surface area (Å²) in [5.74, 6) is 1.68. The molecule has 1 heterocycles. The zero-order chi connectivity index (χ0) is 16.8. The molecule has 0 spiro atoms. The summed E-state index contributed by atoms with van der Waals surface area (Å²) in [5, 5.41) is 0. The van der Waals surface area contributed by atoms with Crippen molar-refractivity contribution in [2.75, 3.05) is 33.4 Å². The Morgan fingerprint density at radius 2 is 1.75 bits per heavy atom. The van der Waals surface area contributed by atoms with Gasteiger partial charge in [0.25, 0.3) is 0 Å². The summed E-state index contributed by atoms with van der Waals surface area (Å²) in [6, 6.07) is 16.4. The Morgan fingerprint density at radius 3 is 2.46 bits per heavy atom. The second-order valence-corrected chi connectivity index (χ2v) is 6.20. The fraction of sp³-hybridized carbons (Fsp3) is 0.400.